The van der Waals surface area contributed by atoms with Crippen LogP contribution in [-0.2, 0) is 11.2 Å². The third-order valence-corrected chi connectivity index (χ3v) is 6.51. The van der Waals surface area contributed by atoms with Gasteiger partial charge in [0.2, 0.25) is 5.91 Å². The molecule has 1 aliphatic heterocycles. The first-order valence-corrected chi connectivity index (χ1v) is 11.3. The Labute approximate surface area is 181 Å². The van der Waals surface area contributed by atoms with Gasteiger partial charge in [-0.05, 0) is 35.2 Å². The Morgan fingerprint density at radius 3 is 2.57 bits per heavy atom. The second kappa shape index (κ2) is 9.66. The van der Waals surface area contributed by atoms with Gasteiger partial charge in [0.1, 0.15) is 0 Å². The first-order valence-electron chi connectivity index (χ1n) is 10.5. The molecule has 6 nitrogen and oxygen atoms in total. The molecular weight excluding hydrogens is 396 g/mol. The number of aryl methyl sites for hydroxylation is 1. The van der Waals surface area contributed by atoms with E-state index in [0.717, 1.165) is 42.8 Å². The van der Waals surface area contributed by atoms with E-state index in [1.165, 1.54) is 28.0 Å². The van der Waals surface area contributed by atoms with Crippen molar-refractivity contribution in [3.63, 3.8) is 0 Å². The molecule has 4 rings (SSSR count). The number of thiazole rings is 1. The summed E-state index contributed by atoms with van der Waals surface area (Å²) in [6.07, 6.45) is 0.946. The van der Waals surface area contributed by atoms with Crippen LogP contribution in [0, 0.1) is 0 Å². The van der Waals surface area contributed by atoms with Crippen LogP contribution in [0.15, 0.2) is 42.5 Å². The van der Waals surface area contributed by atoms with E-state index in [1.807, 2.05) is 6.07 Å². The largest absolute Gasteiger partial charge is 0.395 e. The van der Waals surface area contributed by atoms with Crippen LogP contribution < -0.4 is 5.32 Å². The first kappa shape index (κ1) is 20.9. The number of nitrogens with zero attached hydrogens (tertiary/aromatic N) is 3. The molecule has 1 fully saturated rings. The number of aromatic nitrogens is 1. The number of carbonyl (C=O) groups is 1. The molecule has 30 heavy (non-hydrogen) atoms. The van der Waals surface area contributed by atoms with Gasteiger partial charge in [0.05, 0.1) is 23.4 Å². The van der Waals surface area contributed by atoms with Crippen molar-refractivity contribution in [3.05, 3.63) is 48.0 Å². The molecule has 2 N–H and O–H groups in total. The lowest BCUT2D eigenvalue weighted by Gasteiger charge is -2.33. The maximum Gasteiger partial charge on any atom is 0.240 e. The van der Waals surface area contributed by atoms with Gasteiger partial charge >= 0.3 is 0 Å². The van der Waals surface area contributed by atoms with Crippen molar-refractivity contribution in [2.75, 3.05) is 51.2 Å². The van der Waals surface area contributed by atoms with Crippen molar-refractivity contribution in [3.8, 4) is 11.1 Å². The molecule has 7 heteroatoms. The molecular formula is C23H28N4O2S. The number of hydrogen-bond donors (Lipinski definition) is 2. The van der Waals surface area contributed by atoms with Crippen LogP contribution in [0.4, 0.5) is 5.13 Å². The number of nitrogens with one attached hydrogen (secondary N) is 1. The number of anilines is 1. The molecule has 2 heterocycles. The third-order valence-electron chi connectivity index (χ3n) is 5.57. The summed E-state index contributed by atoms with van der Waals surface area (Å²) in [4.78, 5) is 21.6. The fraction of sp³-hybridized carbons (Fsp3) is 0.391. The molecule has 0 spiro atoms. The second-order valence-electron chi connectivity index (χ2n) is 7.61. The zero-order valence-corrected chi connectivity index (χ0v) is 18.1. The summed E-state index contributed by atoms with van der Waals surface area (Å²) in [5, 5.41) is 12.7. The predicted octanol–water partition coefficient (Wildman–Crippen LogP) is 3.07. The predicted molar refractivity (Wildman–Crippen MR) is 123 cm³/mol. The molecule has 2 aromatic carbocycles. The minimum absolute atomic E-state index is 0.0244. The van der Waals surface area contributed by atoms with Gasteiger partial charge in [-0.15, -0.1) is 0 Å². The topological polar surface area (TPSA) is 68.7 Å². The number of aliphatic hydroxyl groups excluding tert-OH is 1. The number of amides is 1. The number of piperazine rings is 1. The molecule has 1 amide bonds. The number of rotatable bonds is 7. The lowest BCUT2D eigenvalue weighted by molar-refractivity contribution is -0.117. The average molecular weight is 425 g/mol. The Balaban J connectivity index is 1.44. The van der Waals surface area contributed by atoms with Crippen molar-refractivity contribution in [1.82, 2.24) is 14.8 Å². The summed E-state index contributed by atoms with van der Waals surface area (Å²) in [7, 11) is 0. The Hall–Kier alpha value is -2.32. The lowest BCUT2D eigenvalue weighted by Crippen LogP contribution is -2.49. The fourth-order valence-corrected chi connectivity index (χ4v) is 4.85. The third kappa shape index (κ3) is 4.87. The van der Waals surface area contributed by atoms with Gasteiger partial charge in [0.25, 0.3) is 0 Å². The van der Waals surface area contributed by atoms with E-state index in [1.54, 1.807) is 0 Å². The highest BCUT2D eigenvalue weighted by Crippen LogP contribution is 2.33. The summed E-state index contributed by atoms with van der Waals surface area (Å²) in [6.45, 7) is 6.88. The number of β-amino-alcohol motifs (C(OH)–C–C–N with tert-alkyl or cyclic N) is 1. The SMILES string of the molecule is CCc1cc2sc(NC(=O)CN3CCN(CCO)CC3)nc2cc1-c1ccccc1. The summed E-state index contributed by atoms with van der Waals surface area (Å²) in [5.41, 5.74) is 4.60. The van der Waals surface area contributed by atoms with E-state index in [2.05, 4.69) is 63.4 Å². The van der Waals surface area contributed by atoms with E-state index < -0.39 is 0 Å². The molecule has 1 aromatic heterocycles. The van der Waals surface area contributed by atoms with Crippen molar-refractivity contribution in [1.29, 1.82) is 0 Å². The highest BCUT2D eigenvalue weighted by molar-refractivity contribution is 7.22. The number of fused-ring (bicyclic) bond motifs is 1. The quantitative estimate of drug-likeness (QED) is 0.610. The van der Waals surface area contributed by atoms with Crippen LogP contribution in [0.25, 0.3) is 21.3 Å². The summed E-state index contributed by atoms with van der Waals surface area (Å²) in [5.74, 6) is -0.0244. The van der Waals surface area contributed by atoms with Crippen molar-refractivity contribution < 1.29 is 9.90 Å². The van der Waals surface area contributed by atoms with Crippen LogP contribution in [0.5, 0.6) is 0 Å². The number of hydrogen-bond acceptors (Lipinski definition) is 6. The van der Waals surface area contributed by atoms with E-state index >= 15 is 0 Å². The zero-order chi connectivity index (χ0) is 20.9. The molecule has 0 saturated carbocycles. The Bertz CT molecular complexity index is 997. The molecule has 158 valence electrons. The average Bonchev–Trinajstić information content (AvgIpc) is 3.15. The molecule has 1 saturated heterocycles. The minimum Gasteiger partial charge on any atom is -0.395 e. The van der Waals surface area contributed by atoms with Gasteiger partial charge < -0.3 is 10.4 Å². The van der Waals surface area contributed by atoms with E-state index in [0.29, 0.717) is 18.2 Å². The summed E-state index contributed by atoms with van der Waals surface area (Å²) < 4.78 is 1.10. The minimum atomic E-state index is -0.0244. The van der Waals surface area contributed by atoms with Crippen molar-refractivity contribution in [2.45, 2.75) is 13.3 Å². The molecule has 0 bridgehead atoms. The standard InChI is InChI=1S/C23H28N4O2S/c1-2-17-14-21-20(15-19(17)18-6-4-3-5-7-18)24-23(30-21)25-22(29)16-27-10-8-26(9-11-27)12-13-28/h3-7,14-15,28H,2,8-13,16H2,1H3,(H,24,25,29). The van der Waals surface area contributed by atoms with Gasteiger partial charge in [0, 0.05) is 32.7 Å². The summed E-state index contributed by atoms with van der Waals surface area (Å²) in [6, 6.07) is 14.7. The fourth-order valence-electron chi connectivity index (χ4n) is 3.92. The molecule has 0 unspecified atom stereocenters. The van der Waals surface area contributed by atoms with Gasteiger partial charge in [-0.25, -0.2) is 4.98 Å². The van der Waals surface area contributed by atoms with E-state index in [4.69, 9.17) is 5.11 Å². The molecule has 0 atom stereocenters. The lowest BCUT2D eigenvalue weighted by atomic mass is 9.98. The van der Waals surface area contributed by atoms with Crippen LogP contribution in [0.1, 0.15) is 12.5 Å². The van der Waals surface area contributed by atoms with Crippen LogP contribution in [0.3, 0.4) is 0 Å². The maximum absolute atomic E-state index is 12.5. The Morgan fingerprint density at radius 2 is 1.87 bits per heavy atom. The Kier molecular flexibility index (Phi) is 6.74. The van der Waals surface area contributed by atoms with Crippen LogP contribution >= 0.6 is 11.3 Å². The molecule has 1 aliphatic rings. The van der Waals surface area contributed by atoms with Crippen LogP contribution in [0.2, 0.25) is 0 Å². The first-order chi connectivity index (χ1) is 14.7. The molecule has 0 aliphatic carbocycles. The normalized spacial score (nSPS) is 15.5. The van der Waals surface area contributed by atoms with E-state index in [9.17, 15) is 4.79 Å². The van der Waals surface area contributed by atoms with E-state index in [-0.39, 0.29) is 12.5 Å². The summed E-state index contributed by atoms with van der Waals surface area (Å²) >= 11 is 1.53. The van der Waals surface area contributed by atoms with Gasteiger partial charge in [-0.2, -0.15) is 0 Å². The zero-order valence-electron chi connectivity index (χ0n) is 17.3. The molecule has 0 radical (unpaired) electrons. The number of benzene rings is 2. The van der Waals surface area contributed by atoms with Crippen molar-refractivity contribution in [2.24, 2.45) is 0 Å². The maximum atomic E-state index is 12.5. The van der Waals surface area contributed by atoms with Gasteiger partial charge in [-0.3, -0.25) is 14.6 Å². The second-order valence-corrected chi connectivity index (χ2v) is 8.64. The van der Waals surface area contributed by atoms with Crippen molar-refractivity contribution >= 4 is 32.6 Å². The van der Waals surface area contributed by atoms with Crippen LogP contribution in [-0.4, -0.2) is 71.7 Å². The number of carbonyl (C=O) groups excluding carboxylic acids is 1. The monoisotopic (exact) mass is 424 g/mol. The molecule has 3 aromatic rings. The smallest absolute Gasteiger partial charge is 0.240 e. The van der Waals surface area contributed by atoms with Gasteiger partial charge in [-0.1, -0.05) is 48.6 Å². The Morgan fingerprint density at radius 1 is 1.13 bits per heavy atom. The highest BCUT2D eigenvalue weighted by Gasteiger charge is 2.19. The van der Waals surface area contributed by atoms with Gasteiger partial charge in [0.15, 0.2) is 5.13 Å². The number of aliphatic hydroxyl groups is 1. The highest BCUT2D eigenvalue weighted by atomic mass is 32.1.